The summed E-state index contributed by atoms with van der Waals surface area (Å²) in [7, 11) is 0. The molecular weight excluding hydrogens is 374 g/mol. The quantitative estimate of drug-likeness (QED) is 0.389. The van der Waals surface area contributed by atoms with Gasteiger partial charge in [-0.05, 0) is 30.3 Å². The first-order valence-corrected chi connectivity index (χ1v) is 7.12. The van der Waals surface area contributed by atoms with Crippen molar-refractivity contribution in [3.05, 3.63) is 57.7 Å². The van der Waals surface area contributed by atoms with E-state index < -0.39 is 39.4 Å². The molecule has 3 rings (SSSR count). The molecule has 0 radical (unpaired) electrons. The van der Waals surface area contributed by atoms with Crippen LogP contribution in [0.25, 0.3) is 22.3 Å². The van der Waals surface area contributed by atoms with Crippen LogP contribution in [0.3, 0.4) is 0 Å². The van der Waals surface area contributed by atoms with E-state index in [-0.39, 0.29) is 5.82 Å². The molecule has 0 atom stereocenters. The smallest absolute Gasteiger partial charge is 0.228 e. The third-order valence-electron chi connectivity index (χ3n) is 3.23. The van der Waals surface area contributed by atoms with Crippen molar-refractivity contribution < 1.29 is 22.0 Å². The molecule has 3 aromatic rings. The fourth-order valence-electron chi connectivity index (χ4n) is 2.12. The van der Waals surface area contributed by atoms with Gasteiger partial charge in [0.1, 0.15) is 5.15 Å². The summed E-state index contributed by atoms with van der Waals surface area (Å²) >= 11 is 11.6. The minimum Gasteiger partial charge on any atom is -0.228 e. The lowest BCUT2D eigenvalue weighted by Gasteiger charge is -2.12. The highest BCUT2D eigenvalue weighted by Gasteiger charge is 2.37. The molecule has 0 saturated carbocycles. The number of nitrogens with zero attached hydrogens (tertiary/aromatic N) is 2. The van der Waals surface area contributed by atoms with Gasteiger partial charge in [-0.2, -0.15) is 13.2 Å². The summed E-state index contributed by atoms with van der Waals surface area (Å²) in [4.78, 5) is 7.69. The van der Waals surface area contributed by atoms with E-state index in [1.54, 1.807) is 0 Å². The van der Waals surface area contributed by atoms with Crippen LogP contribution >= 0.6 is 23.2 Å². The van der Waals surface area contributed by atoms with Gasteiger partial charge in [0.25, 0.3) is 0 Å². The summed E-state index contributed by atoms with van der Waals surface area (Å²) in [6, 6.07) is 6.48. The van der Waals surface area contributed by atoms with E-state index in [0.717, 1.165) is 0 Å². The Kier molecular flexibility index (Phi) is 4.09. The Morgan fingerprint density at radius 2 is 1.50 bits per heavy atom. The summed E-state index contributed by atoms with van der Waals surface area (Å²) in [6.45, 7) is 0. The van der Waals surface area contributed by atoms with Crippen molar-refractivity contribution in [2.45, 2.75) is 6.18 Å². The molecular formula is C15H5Cl2F5N2. The second kappa shape index (κ2) is 5.82. The minimum absolute atomic E-state index is 0.0386. The third-order valence-corrected chi connectivity index (χ3v) is 3.76. The molecule has 0 N–H and O–H groups in total. The van der Waals surface area contributed by atoms with Gasteiger partial charge in [-0.1, -0.05) is 23.2 Å². The lowest BCUT2D eigenvalue weighted by Crippen LogP contribution is -2.11. The van der Waals surface area contributed by atoms with Gasteiger partial charge in [0.05, 0.1) is 16.5 Å². The van der Waals surface area contributed by atoms with Crippen molar-refractivity contribution in [2.24, 2.45) is 0 Å². The number of alkyl halides is 3. The summed E-state index contributed by atoms with van der Waals surface area (Å²) in [5, 5.41) is -0.673. The zero-order valence-corrected chi connectivity index (χ0v) is 12.9. The maximum absolute atomic E-state index is 14.0. The molecule has 0 spiro atoms. The summed E-state index contributed by atoms with van der Waals surface area (Å²) in [6.07, 6.45) is -5.07. The molecule has 0 bridgehead atoms. The predicted octanol–water partition coefficient (Wildman–Crippen LogP) is 5.90. The number of benzene rings is 2. The highest BCUT2D eigenvalue weighted by molar-refractivity contribution is 6.34. The van der Waals surface area contributed by atoms with Crippen molar-refractivity contribution in [3.63, 3.8) is 0 Å². The number of hydrogen-bond acceptors (Lipinski definition) is 2. The Labute approximate surface area is 141 Å². The largest absolute Gasteiger partial charge is 0.419 e. The van der Waals surface area contributed by atoms with Crippen LogP contribution in [0.4, 0.5) is 22.0 Å². The molecule has 0 aliphatic rings. The van der Waals surface area contributed by atoms with Crippen LogP contribution < -0.4 is 0 Å². The van der Waals surface area contributed by atoms with Crippen molar-refractivity contribution in [2.75, 3.05) is 0 Å². The van der Waals surface area contributed by atoms with Crippen LogP contribution in [0, 0.1) is 11.6 Å². The molecule has 0 saturated heterocycles. The van der Waals surface area contributed by atoms with Gasteiger partial charge >= 0.3 is 6.18 Å². The van der Waals surface area contributed by atoms with Crippen LogP contribution in [0.5, 0.6) is 0 Å². The maximum atomic E-state index is 14.0. The van der Waals surface area contributed by atoms with Gasteiger partial charge in [0.2, 0.25) is 0 Å². The molecule has 124 valence electrons. The van der Waals surface area contributed by atoms with E-state index in [0.29, 0.717) is 16.7 Å². The summed E-state index contributed by atoms with van der Waals surface area (Å²) in [5.41, 5.74) is -1.81. The average molecular weight is 379 g/mol. The first-order chi connectivity index (χ1) is 11.2. The van der Waals surface area contributed by atoms with Gasteiger partial charge in [0.15, 0.2) is 17.5 Å². The molecule has 24 heavy (non-hydrogen) atoms. The van der Waals surface area contributed by atoms with Crippen molar-refractivity contribution >= 4 is 34.1 Å². The minimum atomic E-state index is -5.07. The Hall–Kier alpha value is -1.99. The molecule has 2 aromatic carbocycles. The van der Waals surface area contributed by atoms with Crippen LogP contribution in [0.1, 0.15) is 5.56 Å². The van der Waals surface area contributed by atoms with E-state index in [1.807, 2.05) is 0 Å². The summed E-state index contributed by atoms with van der Waals surface area (Å²) < 4.78 is 66.1. The van der Waals surface area contributed by atoms with Crippen molar-refractivity contribution in [1.29, 1.82) is 0 Å². The molecule has 9 heteroatoms. The van der Waals surface area contributed by atoms with Crippen LogP contribution in [0.15, 0.2) is 30.3 Å². The number of aromatic nitrogens is 2. The normalized spacial score (nSPS) is 12.0. The lowest BCUT2D eigenvalue weighted by atomic mass is 10.1. The molecule has 1 aromatic heterocycles. The molecule has 1 heterocycles. The number of fused-ring (bicyclic) bond motifs is 1. The number of rotatable bonds is 1. The Bertz CT molecular complexity index is 939. The standard InChI is InChI=1S/C15H5Cl2F5N2/c16-7-3-1-6(2-4-7)14-23-9-5-8(15(20,21)22)11(18)12(19)10(9)13(17)24-14/h1-5H. The second-order valence-electron chi connectivity index (χ2n) is 4.79. The second-order valence-corrected chi connectivity index (χ2v) is 5.58. The van der Waals surface area contributed by atoms with E-state index >= 15 is 0 Å². The first kappa shape index (κ1) is 16.9. The van der Waals surface area contributed by atoms with Crippen LogP contribution in [0.2, 0.25) is 10.2 Å². The van der Waals surface area contributed by atoms with Gasteiger partial charge in [-0.15, -0.1) is 0 Å². The maximum Gasteiger partial charge on any atom is 0.419 e. The van der Waals surface area contributed by atoms with Crippen LogP contribution in [-0.2, 0) is 6.18 Å². The first-order valence-electron chi connectivity index (χ1n) is 6.37. The topological polar surface area (TPSA) is 25.8 Å². The van der Waals surface area contributed by atoms with Gasteiger partial charge in [-0.3, -0.25) is 0 Å². The van der Waals surface area contributed by atoms with Gasteiger partial charge in [0, 0.05) is 10.6 Å². The molecule has 0 amide bonds. The lowest BCUT2D eigenvalue weighted by molar-refractivity contribution is -0.140. The Morgan fingerprint density at radius 3 is 2.08 bits per heavy atom. The highest BCUT2D eigenvalue weighted by atomic mass is 35.5. The van der Waals surface area contributed by atoms with E-state index in [2.05, 4.69) is 9.97 Å². The number of halogens is 7. The average Bonchev–Trinajstić information content (AvgIpc) is 2.49. The number of hydrogen-bond donors (Lipinski definition) is 0. The van der Waals surface area contributed by atoms with Crippen molar-refractivity contribution in [1.82, 2.24) is 9.97 Å². The summed E-state index contributed by atoms with van der Waals surface area (Å²) in [5.74, 6) is -3.82. The predicted molar refractivity (Wildman–Crippen MR) is 79.9 cm³/mol. The van der Waals surface area contributed by atoms with Crippen LogP contribution in [-0.4, -0.2) is 9.97 Å². The van der Waals surface area contributed by atoms with E-state index in [4.69, 9.17) is 23.2 Å². The zero-order valence-electron chi connectivity index (χ0n) is 11.4. The van der Waals surface area contributed by atoms with E-state index in [1.165, 1.54) is 24.3 Å². The highest BCUT2D eigenvalue weighted by Crippen LogP contribution is 2.37. The molecule has 0 fully saturated rings. The third kappa shape index (κ3) is 2.89. The Balaban J connectivity index is 2.30. The molecule has 0 unspecified atom stereocenters. The fraction of sp³-hybridized carbons (Fsp3) is 0.0667. The SMILES string of the molecule is Fc1c(C(F)(F)F)cc2nc(-c3ccc(Cl)cc3)nc(Cl)c2c1F. The monoisotopic (exact) mass is 378 g/mol. The molecule has 2 nitrogen and oxygen atoms in total. The van der Waals surface area contributed by atoms with Gasteiger partial charge in [-0.25, -0.2) is 18.7 Å². The zero-order chi connectivity index (χ0) is 17.6. The fourth-order valence-corrected chi connectivity index (χ4v) is 2.51. The Morgan fingerprint density at radius 1 is 0.875 bits per heavy atom. The molecule has 0 aliphatic heterocycles. The van der Waals surface area contributed by atoms with Gasteiger partial charge < -0.3 is 0 Å². The molecule has 0 aliphatic carbocycles. The van der Waals surface area contributed by atoms with E-state index in [9.17, 15) is 22.0 Å². The van der Waals surface area contributed by atoms with Crippen molar-refractivity contribution in [3.8, 4) is 11.4 Å².